The third-order valence-corrected chi connectivity index (χ3v) is 8.52. The van der Waals surface area contributed by atoms with Crippen molar-refractivity contribution >= 4 is 17.0 Å². The Balaban J connectivity index is 1.38. The highest BCUT2D eigenvalue weighted by Crippen LogP contribution is 2.51. The average Bonchev–Trinajstić information content (AvgIpc) is 3.55. The van der Waals surface area contributed by atoms with Crippen molar-refractivity contribution < 1.29 is 43.9 Å². The van der Waals surface area contributed by atoms with Crippen molar-refractivity contribution in [3.63, 3.8) is 0 Å². The van der Waals surface area contributed by atoms with Crippen molar-refractivity contribution in [2.75, 3.05) is 0 Å². The van der Waals surface area contributed by atoms with Crippen LogP contribution in [0.3, 0.4) is 0 Å². The zero-order chi connectivity index (χ0) is 34.3. The minimum Gasteiger partial charge on any atom is -0.203 e. The number of benzene rings is 4. The van der Waals surface area contributed by atoms with Gasteiger partial charge in [-0.05, 0) is 40.0 Å². The van der Waals surface area contributed by atoms with Crippen LogP contribution in [0.1, 0.15) is 28.2 Å². The van der Waals surface area contributed by atoms with Gasteiger partial charge in [0.15, 0.2) is 46.5 Å². The second-order valence-corrected chi connectivity index (χ2v) is 10.8. The van der Waals surface area contributed by atoms with Gasteiger partial charge in [-0.1, -0.05) is 36.4 Å². The highest BCUT2D eigenvalue weighted by atomic mass is 19.2. The molecular weight excluding hydrogens is 654 g/mol. The van der Waals surface area contributed by atoms with Gasteiger partial charge in [0, 0.05) is 28.5 Å². The fourth-order valence-electron chi connectivity index (χ4n) is 6.47. The molecule has 0 saturated heterocycles. The number of fused-ring (bicyclic) bond motifs is 6. The van der Waals surface area contributed by atoms with Crippen LogP contribution in [-0.2, 0) is 0 Å². The second-order valence-electron chi connectivity index (χ2n) is 10.8. The first-order valence-electron chi connectivity index (χ1n) is 13.6. The number of hydrogen-bond acceptors (Lipinski definition) is 4. The number of nitrogens with zero attached hydrogens (tertiary/aromatic N) is 4. The molecule has 0 bridgehead atoms. The standard InChI is InChI=1S/C34H10F10N4/c35-23-21(24(36)28(40)31(43)27(23)39)11-1-3-13-15-7-20-16(8-19(15)33(47-9-45)17(13)5-11)14-4-2-12(6-18(14)34(20)48-10-46)22-25(37)29(41)32(44)30(42)26(22)38/h1-8,15,19H. The summed E-state index contributed by atoms with van der Waals surface area (Å²) in [6.45, 7) is 0. The van der Waals surface area contributed by atoms with E-state index in [4.69, 9.17) is 0 Å². The molecule has 0 fully saturated rings. The van der Waals surface area contributed by atoms with E-state index in [9.17, 15) is 54.4 Å². The van der Waals surface area contributed by atoms with E-state index in [-0.39, 0.29) is 28.1 Å². The Morgan fingerprint density at radius 2 is 0.938 bits per heavy atom. The fraction of sp³-hybridized carbons (Fsp3) is 0.0588. The molecule has 7 rings (SSSR count). The molecule has 14 heteroatoms. The number of halogens is 10. The van der Waals surface area contributed by atoms with Crippen molar-refractivity contribution in [1.82, 2.24) is 0 Å². The third kappa shape index (κ3) is 4.08. The summed E-state index contributed by atoms with van der Waals surface area (Å²) in [6, 6.07) is 7.19. The van der Waals surface area contributed by atoms with Crippen LogP contribution in [0.25, 0.3) is 27.8 Å². The molecule has 0 amide bonds. The summed E-state index contributed by atoms with van der Waals surface area (Å²) in [5, 5.41) is 19.0. The monoisotopic (exact) mass is 664 g/mol. The Hall–Kier alpha value is -6.02. The zero-order valence-corrected chi connectivity index (χ0v) is 23.3. The van der Waals surface area contributed by atoms with E-state index in [0.29, 0.717) is 22.3 Å². The van der Waals surface area contributed by atoms with Crippen LogP contribution < -0.4 is 0 Å². The van der Waals surface area contributed by atoms with E-state index >= 15 is 0 Å². The summed E-state index contributed by atoms with van der Waals surface area (Å²) in [7, 11) is 0. The van der Waals surface area contributed by atoms with Gasteiger partial charge in [-0.25, -0.2) is 43.9 Å². The van der Waals surface area contributed by atoms with Gasteiger partial charge in [0.25, 0.3) is 0 Å². The van der Waals surface area contributed by atoms with Crippen LogP contribution in [0, 0.1) is 87.0 Å². The molecule has 0 radical (unpaired) electrons. The normalized spacial score (nSPS) is 18.9. The molecule has 0 aromatic heterocycles. The quantitative estimate of drug-likeness (QED) is 0.0931. The largest absolute Gasteiger partial charge is 0.206 e. The van der Waals surface area contributed by atoms with E-state index in [0.717, 1.165) is 24.3 Å². The summed E-state index contributed by atoms with van der Waals surface area (Å²) in [5.74, 6) is -22.9. The molecule has 0 saturated carbocycles. The average molecular weight is 664 g/mol. The summed E-state index contributed by atoms with van der Waals surface area (Å²) in [6.07, 6.45) is 6.53. The maximum Gasteiger partial charge on any atom is 0.206 e. The molecular formula is C34H10F10N4. The van der Waals surface area contributed by atoms with E-state index in [2.05, 4.69) is 9.98 Å². The minimum absolute atomic E-state index is 0.00633. The third-order valence-electron chi connectivity index (χ3n) is 8.52. The highest BCUT2D eigenvalue weighted by Gasteiger charge is 2.43. The lowest BCUT2D eigenvalue weighted by Gasteiger charge is -2.21. The maximum atomic E-state index is 14.7. The number of rotatable bonds is 2. The summed E-state index contributed by atoms with van der Waals surface area (Å²) in [4.78, 5) is 7.74. The van der Waals surface area contributed by atoms with Gasteiger partial charge in [-0.2, -0.15) is 20.5 Å². The predicted octanol–water partition coefficient (Wildman–Crippen LogP) is 8.70. The molecule has 4 nitrogen and oxygen atoms in total. The van der Waals surface area contributed by atoms with E-state index in [1.807, 2.05) is 0 Å². The Labute approximate surface area is 262 Å². The van der Waals surface area contributed by atoms with E-state index in [1.165, 1.54) is 12.1 Å². The SMILES string of the molecule is N#CN=C1C2=CC3c4ccc(-c5c(F)c(F)c(F)c(F)c5F)cc4C(=NC#N)C3C=C2c2ccc(-c3c(F)c(F)c(F)c(F)c3F)cc21. The van der Waals surface area contributed by atoms with Gasteiger partial charge in [-0.15, -0.1) is 0 Å². The molecule has 48 heavy (non-hydrogen) atoms. The zero-order valence-electron chi connectivity index (χ0n) is 23.3. The van der Waals surface area contributed by atoms with Crippen LogP contribution in [0.4, 0.5) is 43.9 Å². The van der Waals surface area contributed by atoms with Crippen LogP contribution in [0.5, 0.6) is 0 Å². The molecule has 0 heterocycles. The lowest BCUT2D eigenvalue weighted by Crippen LogP contribution is -2.16. The maximum absolute atomic E-state index is 14.7. The van der Waals surface area contributed by atoms with Gasteiger partial charge in [-0.3, -0.25) is 0 Å². The number of hydrogen-bond donors (Lipinski definition) is 0. The van der Waals surface area contributed by atoms with Gasteiger partial charge in [0.2, 0.25) is 24.0 Å². The number of allylic oxidation sites excluding steroid dienone is 4. The number of nitriles is 2. The van der Waals surface area contributed by atoms with Crippen LogP contribution in [-0.4, -0.2) is 11.4 Å². The molecule has 0 N–H and O–H groups in total. The Morgan fingerprint density at radius 3 is 1.46 bits per heavy atom. The minimum atomic E-state index is -2.33. The van der Waals surface area contributed by atoms with Gasteiger partial charge >= 0.3 is 0 Å². The molecule has 0 aliphatic heterocycles. The first kappa shape index (κ1) is 30.6. The predicted molar refractivity (Wildman–Crippen MR) is 150 cm³/mol. The van der Waals surface area contributed by atoms with Crippen molar-refractivity contribution in [1.29, 1.82) is 10.5 Å². The van der Waals surface area contributed by atoms with Gasteiger partial charge in [0.1, 0.15) is 0 Å². The number of aliphatic imine (C=N–C) groups is 2. The molecule has 0 spiro atoms. The van der Waals surface area contributed by atoms with Crippen LogP contribution in [0.15, 0.2) is 64.1 Å². The van der Waals surface area contributed by atoms with Crippen molar-refractivity contribution in [3.05, 3.63) is 135 Å². The Kier molecular flexibility index (Phi) is 6.87. The molecule has 3 aliphatic rings. The first-order valence-corrected chi connectivity index (χ1v) is 13.6. The Bertz CT molecular complexity index is 2340. The van der Waals surface area contributed by atoms with Crippen LogP contribution in [0.2, 0.25) is 0 Å². The first-order chi connectivity index (χ1) is 22.9. The summed E-state index contributed by atoms with van der Waals surface area (Å²) < 4.78 is 142. The topological polar surface area (TPSA) is 72.3 Å². The second kappa shape index (κ2) is 10.8. The van der Waals surface area contributed by atoms with Crippen molar-refractivity contribution in [2.45, 2.75) is 5.92 Å². The lowest BCUT2D eigenvalue weighted by molar-refractivity contribution is 0.381. The van der Waals surface area contributed by atoms with Crippen molar-refractivity contribution in [2.24, 2.45) is 15.9 Å². The fourth-order valence-corrected chi connectivity index (χ4v) is 6.47. The van der Waals surface area contributed by atoms with Crippen molar-refractivity contribution in [3.8, 4) is 34.6 Å². The smallest absolute Gasteiger partial charge is 0.203 e. The molecule has 3 aliphatic carbocycles. The summed E-state index contributed by atoms with van der Waals surface area (Å²) >= 11 is 0. The van der Waals surface area contributed by atoms with E-state index in [1.54, 1.807) is 24.5 Å². The molecule has 4 aromatic rings. The molecule has 4 aromatic carbocycles. The molecule has 2 atom stereocenters. The molecule has 236 valence electrons. The van der Waals surface area contributed by atoms with Crippen LogP contribution >= 0.6 is 0 Å². The van der Waals surface area contributed by atoms with E-state index < -0.39 is 86.7 Å². The van der Waals surface area contributed by atoms with Gasteiger partial charge < -0.3 is 0 Å². The lowest BCUT2D eigenvalue weighted by atomic mass is 9.81. The highest BCUT2D eigenvalue weighted by molar-refractivity contribution is 6.31. The van der Waals surface area contributed by atoms with Gasteiger partial charge in [0.05, 0.1) is 22.6 Å². The molecule has 2 unspecified atom stereocenters. The summed E-state index contributed by atoms with van der Waals surface area (Å²) in [5.41, 5.74) is -1.29. The Morgan fingerprint density at radius 1 is 0.479 bits per heavy atom.